The number of aliphatic hydroxyl groups excluding tert-OH is 1. The standard InChI is InChI=1S/C18H24N4O9S/c1-7(2)28-18(26)31-12-10(6-27-8(3)23)30-15(13(12)29-9(4)24)22-14-11(32-17(22)25)5-20-16(19)21-14/h5,7,9-10,12-13,15,24H,6H2,1-4H3,(H2,19,20,21)/t9?,10-,12+,13-,15-/m1/s1. The fourth-order valence-corrected chi connectivity index (χ4v) is 3.99. The highest BCUT2D eigenvalue weighted by Gasteiger charge is 2.51. The Balaban J connectivity index is 2.03. The lowest BCUT2D eigenvalue weighted by Crippen LogP contribution is -2.42. The second kappa shape index (κ2) is 9.77. The highest BCUT2D eigenvalue weighted by atomic mass is 32.1. The van der Waals surface area contributed by atoms with E-state index in [1.807, 2.05) is 0 Å². The van der Waals surface area contributed by atoms with Crippen molar-refractivity contribution in [2.45, 2.75) is 64.6 Å². The van der Waals surface area contributed by atoms with Crippen molar-refractivity contribution in [1.82, 2.24) is 14.5 Å². The molecule has 0 amide bonds. The Hall–Kier alpha value is -2.81. The number of esters is 1. The van der Waals surface area contributed by atoms with Gasteiger partial charge in [-0.2, -0.15) is 4.98 Å². The number of ether oxygens (including phenoxy) is 5. The van der Waals surface area contributed by atoms with Gasteiger partial charge in [-0.05, 0) is 20.8 Å². The first-order valence-electron chi connectivity index (χ1n) is 9.70. The quantitative estimate of drug-likeness (QED) is 0.423. The summed E-state index contributed by atoms with van der Waals surface area (Å²) in [6, 6.07) is 0. The minimum absolute atomic E-state index is 0.0696. The van der Waals surface area contributed by atoms with Crippen LogP contribution in [0, 0.1) is 0 Å². The molecule has 1 aliphatic heterocycles. The topological polar surface area (TPSA) is 174 Å². The van der Waals surface area contributed by atoms with E-state index in [0.717, 1.165) is 11.3 Å². The summed E-state index contributed by atoms with van der Waals surface area (Å²) in [5, 5.41) is 9.89. The molecule has 1 saturated heterocycles. The summed E-state index contributed by atoms with van der Waals surface area (Å²) in [6.45, 7) is 5.51. The van der Waals surface area contributed by atoms with Crippen molar-refractivity contribution in [2.75, 3.05) is 12.3 Å². The summed E-state index contributed by atoms with van der Waals surface area (Å²) in [6.07, 6.45) is -6.01. The third-order valence-electron chi connectivity index (χ3n) is 4.29. The maximum atomic E-state index is 12.8. The SMILES string of the molecule is CC(=O)OC[C@H]1O[C@@H](n2c(=O)sc3cnc(N)nc32)[C@H](OC(C)O)[C@H]1OC(=O)OC(C)C. The first-order valence-corrected chi connectivity index (χ1v) is 10.5. The van der Waals surface area contributed by atoms with Gasteiger partial charge < -0.3 is 34.5 Å². The van der Waals surface area contributed by atoms with Crippen LogP contribution in [0.2, 0.25) is 0 Å². The van der Waals surface area contributed by atoms with E-state index in [0.29, 0.717) is 4.70 Å². The minimum Gasteiger partial charge on any atom is -0.463 e. The average Bonchev–Trinajstić information content (AvgIpc) is 3.15. The highest BCUT2D eigenvalue weighted by molar-refractivity contribution is 7.16. The maximum absolute atomic E-state index is 12.8. The number of nitrogens with zero attached hydrogens (tertiary/aromatic N) is 3. The second-order valence-corrected chi connectivity index (χ2v) is 8.21. The number of aliphatic hydroxyl groups is 1. The van der Waals surface area contributed by atoms with Crippen LogP contribution >= 0.6 is 11.3 Å². The molecule has 0 bridgehead atoms. The molecule has 2 aromatic heterocycles. The van der Waals surface area contributed by atoms with Crippen molar-refractivity contribution in [3.8, 4) is 0 Å². The van der Waals surface area contributed by atoms with E-state index in [2.05, 4.69) is 9.97 Å². The molecule has 176 valence electrons. The Labute approximate surface area is 186 Å². The molecule has 0 radical (unpaired) electrons. The zero-order chi connectivity index (χ0) is 23.6. The van der Waals surface area contributed by atoms with Crippen LogP contribution in [0.3, 0.4) is 0 Å². The molecule has 14 heteroatoms. The van der Waals surface area contributed by atoms with Crippen molar-refractivity contribution in [3.05, 3.63) is 15.9 Å². The van der Waals surface area contributed by atoms with Crippen LogP contribution in [0.5, 0.6) is 0 Å². The molecule has 0 spiro atoms. The number of nitrogens with two attached hydrogens (primary N) is 1. The van der Waals surface area contributed by atoms with Crippen LogP contribution in [0.1, 0.15) is 33.9 Å². The Kier molecular flexibility index (Phi) is 7.28. The van der Waals surface area contributed by atoms with Crippen molar-refractivity contribution in [1.29, 1.82) is 0 Å². The summed E-state index contributed by atoms with van der Waals surface area (Å²) in [5.41, 5.74) is 5.85. The van der Waals surface area contributed by atoms with E-state index in [1.54, 1.807) is 13.8 Å². The lowest BCUT2D eigenvalue weighted by Gasteiger charge is -2.25. The van der Waals surface area contributed by atoms with Gasteiger partial charge in [-0.1, -0.05) is 11.3 Å². The smallest absolute Gasteiger partial charge is 0.463 e. The first kappa shape index (κ1) is 23.8. The molecule has 0 aliphatic carbocycles. The fraction of sp³-hybridized carbons (Fsp3) is 0.611. The van der Waals surface area contributed by atoms with Gasteiger partial charge in [-0.15, -0.1) is 0 Å². The molecule has 2 aromatic rings. The number of thiazole rings is 1. The molecular formula is C18H24N4O9S. The molecule has 32 heavy (non-hydrogen) atoms. The van der Waals surface area contributed by atoms with E-state index in [9.17, 15) is 19.5 Å². The van der Waals surface area contributed by atoms with Gasteiger partial charge >= 0.3 is 17.0 Å². The van der Waals surface area contributed by atoms with Gasteiger partial charge in [0.1, 0.15) is 18.8 Å². The van der Waals surface area contributed by atoms with Gasteiger partial charge in [0.05, 0.1) is 17.0 Å². The summed E-state index contributed by atoms with van der Waals surface area (Å²) in [7, 11) is 0. The van der Waals surface area contributed by atoms with Gasteiger partial charge in [0.15, 0.2) is 24.3 Å². The Morgan fingerprint density at radius 1 is 1.34 bits per heavy atom. The van der Waals surface area contributed by atoms with Crippen molar-refractivity contribution >= 4 is 39.8 Å². The van der Waals surface area contributed by atoms with Gasteiger partial charge in [-0.25, -0.2) is 9.78 Å². The number of carbonyl (C=O) groups excluding carboxylic acids is 2. The summed E-state index contributed by atoms with van der Waals surface area (Å²) >= 11 is 0.849. The number of anilines is 1. The van der Waals surface area contributed by atoms with Crippen LogP contribution in [0.4, 0.5) is 10.7 Å². The molecule has 0 saturated carbocycles. The number of rotatable bonds is 7. The van der Waals surface area contributed by atoms with E-state index in [1.165, 1.54) is 24.6 Å². The van der Waals surface area contributed by atoms with Crippen molar-refractivity contribution < 1.29 is 38.4 Å². The molecule has 3 N–H and O–H groups in total. The maximum Gasteiger partial charge on any atom is 0.508 e. The minimum atomic E-state index is -1.31. The molecule has 3 heterocycles. The number of hydrogen-bond acceptors (Lipinski definition) is 13. The second-order valence-electron chi connectivity index (χ2n) is 7.22. The molecule has 5 atom stereocenters. The lowest BCUT2D eigenvalue weighted by molar-refractivity contribution is -0.170. The van der Waals surface area contributed by atoms with Gasteiger partial charge in [0.2, 0.25) is 5.95 Å². The third kappa shape index (κ3) is 5.32. The molecule has 1 aliphatic rings. The predicted octanol–water partition coefficient (Wildman–Crippen LogP) is 0.549. The largest absolute Gasteiger partial charge is 0.508 e. The van der Waals surface area contributed by atoms with Crippen LogP contribution < -0.4 is 10.6 Å². The summed E-state index contributed by atoms with van der Waals surface area (Å²) < 4.78 is 28.6. The lowest BCUT2D eigenvalue weighted by atomic mass is 10.1. The number of hydrogen-bond donors (Lipinski definition) is 2. The highest BCUT2D eigenvalue weighted by Crippen LogP contribution is 2.36. The van der Waals surface area contributed by atoms with Gasteiger partial charge in [0, 0.05) is 6.92 Å². The monoisotopic (exact) mass is 472 g/mol. The first-order chi connectivity index (χ1) is 15.1. The van der Waals surface area contributed by atoms with Crippen molar-refractivity contribution in [3.63, 3.8) is 0 Å². The number of fused-ring (bicyclic) bond motifs is 1. The van der Waals surface area contributed by atoms with Crippen LogP contribution in [-0.4, -0.2) is 69.1 Å². The summed E-state index contributed by atoms with van der Waals surface area (Å²) in [4.78, 5) is 43.8. The van der Waals surface area contributed by atoms with Crippen LogP contribution in [0.25, 0.3) is 10.3 Å². The summed E-state index contributed by atoms with van der Waals surface area (Å²) in [5.74, 6) is -0.660. The molecule has 1 fully saturated rings. The molecule has 0 aromatic carbocycles. The fourth-order valence-electron chi connectivity index (χ4n) is 3.17. The van der Waals surface area contributed by atoms with E-state index in [-0.39, 0.29) is 18.2 Å². The third-order valence-corrected chi connectivity index (χ3v) is 5.17. The van der Waals surface area contributed by atoms with Crippen LogP contribution in [-0.2, 0) is 28.5 Å². The number of nitrogen functional groups attached to an aromatic ring is 1. The molecule has 3 rings (SSSR count). The molecule has 1 unspecified atom stereocenters. The average molecular weight is 472 g/mol. The predicted molar refractivity (Wildman–Crippen MR) is 110 cm³/mol. The Morgan fingerprint density at radius 3 is 2.69 bits per heavy atom. The Bertz CT molecular complexity index is 1040. The normalized spacial score (nSPS) is 23.9. The number of aromatic nitrogens is 3. The van der Waals surface area contributed by atoms with Gasteiger partial charge in [0.25, 0.3) is 0 Å². The van der Waals surface area contributed by atoms with Gasteiger partial charge in [-0.3, -0.25) is 14.2 Å². The van der Waals surface area contributed by atoms with Crippen LogP contribution in [0.15, 0.2) is 11.0 Å². The zero-order valence-electron chi connectivity index (χ0n) is 17.8. The zero-order valence-corrected chi connectivity index (χ0v) is 18.6. The number of carbonyl (C=O) groups is 2. The molecular weight excluding hydrogens is 448 g/mol. The van der Waals surface area contributed by atoms with E-state index in [4.69, 9.17) is 29.4 Å². The van der Waals surface area contributed by atoms with E-state index >= 15 is 0 Å². The molecule has 13 nitrogen and oxygen atoms in total. The van der Waals surface area contributed by atoms with E-state index < -0.39 is 53.9 Å². The Morgan fingerprint density at radius 2 is 2.06 bits per heavy atom. The van der Waals surface area contributed by atoms with Crippen molar-refractivity contribution in [2.24, 2.45) is 0 Å².